The topological polar surface area (TPSA) is 16.1 Å². The number of hydrogen-bond donors (Lipinski definition) is 0. The molecule has 0 saturated carbocycles. The van der Waals surface area contributed by atoms with Crippen molar-refractivity contribution < 1.29 is 13.2 Å². The molecule has 19 heavy (non-hydrogen) atoms. The Morgan fingerprint density at radius 3 is 2.53 bits per heavy atom. The smallest absolute Gasteiger partial charge is 0.348 e. The lowest BCUT2D eigenvalue weighted by atomic mass is 10.1. The SMILES string of the molecule is FC(F)(F)c1ccc2sc(N3CCCCC3)nc2c1. The fraction of sp³-hybridized carbons (Fsp3) is 0.462. The van der Waals surface area contributed by atoms with E-state index in [0.717, 1.165) is 47.9 Å². The largest absolute Gasteiger partial charge is 0.416 e. The van der Waals surface area contributed by atoms with Gasteiger partial charge in [-0.25, -0.2) is 4.98 Å². The van der Waals surface area contributed by atoms with Crippen LogP contribution in [0.1, 0.15) is 24.8 Å². The maximum Gasteiger partial charge on any atom is 0.416 e. The molecule has 0 amide bonds. The van der Waals surface area contributed by atoms with Crippen LogP contribution in [0.15, 0.2) is 18.2 Å². The van der Waals surface area contributed by atoms with Crippen molar-refractivity contribution in [2.75, 3.05) is 18.0 Å². The predicted octanol–water partition coefficient (Wildman–Crippen LogP) is 4.31. The highest BCUT2D eigenvalue weighted by molar-refractivity contribution is 7.22. The number of piperidine rings is 1. The Morgan fingerprint density at radius 1 is 1.11 bits per heavy atom. The first kappa shape index (κ1) is 12.7. The van der Waals surface area contributed by atoms with Gasteiger partial charge in [0.1, 0.15) is 0 Å². The monoisotopic (exact) mass is 286 g/mol. The molecule has 102 valence electrons. The van der Waals surface area contributed by atoms with Crippen LogP contribution in [-0.4, -0.2) is 18.1 Å². The van der Waals surface area contributed by atoms with Crippen molar-refractivity contribution in [2.45, 2.75) is 25.4 Å². The molecule has 3 rings (SSSR count). The summed E-state index contributed by atoms with van der Waals surface area (Å²) in [6, 6.07) is 3.78. The summed E-state index contributed by atoms with van der Waals surface area (Å²) >= 11 is 1.47. The van der Waals surface area contributed by atoms with E-state index in [1.807, 2.05) is 0 Å². The van der Waals surface area contributed by atoms with Gasteiger partial charge in [-0.05, 0) is 37.5 Å². The molecule has 0 aliphatic carbocycles. The first-order chi connectivity index (χ1) is 9.04. The summed E-state index contributed by atoms with van der Waals surface area (Å²) in [6.45, 7) is 1.90. The number of anilines is 1. The Hall–Kier alpha value is -1.30. The Morgan fingerprint density at radius 2 is 1.84 bits per heavy atom. The molecular formula is C13H13F3N2S. The van der Waals surface area contributed by atoms with Gasteiger partial charge in [-0.1, -0.05) is 11.3 Å². The van der Waals surface area contributed by atoms with E-state index in [0.29, 0.717) is 5.52 Å². The number of hydrogen-bond acceptors (Lipinski definition) is 3. The van der Waals surface area contributed by atoms with Gasteiger partial charge in [0, 0.05) is 13.1 Å². The van der Waals surface area contributed by atoms with Crippen molar-refractivity contribution in [3.63, 3.8) is 0 Å². The molecule has 2 aromatic rings. The van der Waals surface area contributed by atoms with Crippen LogP contribution in [0.5, 0.6) is 0 Å². The van der Waals surface area contributed by atoms with Gasteiger partial charge in [-0.15, -0.1) is 0 Å². The number of rotatable bonds is 1. The Balaban J connectivity index is 1.96. The molecule has 0 spiro atoms. The second-order valence-corrected chi connectivity index (χ2v) is 5.73. The van der Waals surface area contributed by atoms with Crippen LogP contribution in [0.2, 0.25) is 0 Å². The van der Waals surface area contributed by atoms with Crippen molar-refractivity contribution in [3.8, 4) is 0 Å². The molecule has 1 aromatic heterocycles. The summed E-state index contributed by atoms with van der Waals surface area (Å²) in [5.74, 6) is 0. The molecule has 0 N–H and O–H groups in total. The van der Waals surface area contributed by atoms with Gasteiger partial charge in [0.25, 0.3) is 0 Å². The predicted molar refractivity (Wildman–Crippen MR) is 70.7 cm³/mol. The minimum absolute atomic E-state index is 0.445. The van der Waals surface area contributed by atoms with Crippen LogP contribution < -0.4 is 4.90 Å². The number of nitrogens with zero attached hydrogens (tertiary/aromatic N) is 2. The van der Waals surface area contributed by atoms with Crippen LogP contribution in [0.4, 0.5) is 18.3 Å². The molecule has 2 nitrogen and oxygen atoms in total. The van der Waals surface area contributed by atoms with Crippen molar-refractivity contribution in [2.24, 2.45) is 0 Å². The van der Waals surface area contributed by atoms with Crippen molar-refractivity contribution in [1.29, 1.82) is 0 Å². The lowest BCUT2D eigenvalue weighted by Gasteiger charge is -2.25. The number of benzene rings is 1. The van der Waals surface area contributed by atoms with Gasteiger partial charge in [-0.2, -0.15) is 13.2 Å². The number of halogens is 3. The average Bonchev–Trinajstić information content (AvgIpc) is 2.81. The van der Waals surface area contributed by atoms with Crippen LogP contribution in [0.3, 0.4) is 0 Å². The molecule has 1 aliphatic rings. The fourth-order valence-corrected chi connectivity index (χ4v) is 3.31. The molecular weight excluding hydrogens is 273 g/mol. The molecule has 2 heterocycles. The third kappa shape index (κ3) is 2.54. The molecule has 1 aromatic carbocycles. The first-order valence-electron chi connectivity index (χ1n) is 6.27. The van der Waals surface area contributed by atoms with E-state index < -0.39 is 11.7 Å². The van der Waals surface area contributed by atoms with E-state index in [1.165, 1.54) is 23.8 Å². The maximum atomic E-state index is 12.6. The van der Waals surface area contributed by atoms with E-state index >= 15 is 0 Å². The van der Waals surface area contributed by atoms with Gasteiger partial charge in [0.2, 0.25) is 0 Å². The number of alkyl halides is 3. The second kappa shape index (κ2) is 4.67. The van der Waals surface area contributed by atoms with Gasteiger partial charge < -0.3 is 4.90 Å². The molecule has 1 fully saturated rings. The van der Waals surface area contributed by atoms with E-state index in [-0.39, 0.29) is 0 Å². The zero-order valence-electron chi connectivity index (χ0n) is 10.2. The Kier molecular flexibility index (Phi) is 3.12. The zero-order chi connectivity index (χ0) is 13.5. The summed E-state index contributed by atoms with van der Waals surface area (Å²) in [5, 5.41) is 0.842. The van der Waals surface area contributed by atoms with Crippen LogP contribution in [0, 0.1) is 0 Å². The minimum atomic E-state index is -4.30. The van der Waals surface area contributed by atoms with Gasteiger partial charge in [0.05, 0.1) is 15.8 Å². The molecule has 6 heteroatoms. The molecule has 1 aliphatic heterocycles. The highest BCUT2D eigenvalue weighted by Crippen LogP contribution is 2.35. The van der Waals surface area contributed by atoms with Crippen LogP contribution in [-0.2, 0) is 6.18 Å². The molecule has 1 saturated heterocycles. The quantitative estimate of drug-likeness (QED) is 0.776. The third-order valence-electron chi connectivity index (χ3n) is 3.33. The number of aromatic nitrogens is 1. The van der Waals surface area contributed by atoms with Gasteiger partial charge in [-0.3, -0.25) is 0 Å². The highest BCUT2D eigenvalue weighted by Gasteiger charge is 2.31. The Labute approximate surface area is 112 Å². The summed E-state index contributed by atoms with van der Waals surface area (Å²) in [7, 11) is 0. The van der Waals surface area contributed by atoms with E-state index in [1.54, 1.807) is 0 Å². The fourth-order valence-electron chi connectivity index (χ4n) is 2.31. The van der Waals surface area contributed by atoms with Crippen LogP contribution >= 0.6 is 11.3 Å². The normalized spacial score (nSPS) is 17.1. The highest BCUT2D eigenvalue weighted by atomic mass is 32.1. The average molecular weight is 286 g/mol. The van der Waals surface area contributed by atoms with Crippen molar-refractivity contribution in [1.82, 2.24) is 4.98 Å². The van der Waals surface area contributed by atoms with E-state index in [9.17, 15) is 13.2 Å². The maximum absolute atomic E-state index is 12.6. The van der Waals surface area contributed by atoms with Gasteiger partial charge in [0.15, 0.2) is 5.13 Å². The Bertz CT molecular complexity index is 585. The summed E-state index contributed by atoms with van der Waals surface area (Å²) < 4.78 is 38.7. The molecule has 0 unspecified atom stereocenters. The summed E-state index contributed by atoms with van der Waals surface area (Å²) in [4.78, 5) is 6.52. The van der Waals surface area contributed by atoms with E-state index in [4.69, 9.17) is 0 Å². The van der Waals surface area contributed by atoms with Gasteiger partial charge >= 0.3 is 6.18 Å². The summed E-state index contributed by atoms with van der Waals surface area (Å²) in [6.07, 6.45) is -0.823. The van der Waals surface area contributed by atoms with Crippen molar-refractivity contribution in [3.05, 3.63) is 23.8 Å². The number of thiazole rings is 1. The molecule has 0 bridgehead atoms. The first-order valence-corrected chi connectivity index (χ1v) is 7.08. The lowest BCUT2D eigenvalue weighted by Crippen LogP contribution is -2.29. The van der Waals surface area contributed by atoms with E-state index in [2.05, 4.69) is 9.88 Å². The van der Waals surface area contributed by atoms with Crippen molar-refractivity contribution >= 4 is 26.7 Å². The minimum Gasteiger partial charge on any atom is -0.348 e. The summed E-state index contributed by atoms with van der Waals surface area (Å²) in [5.41, 5.74) is -0.184. The van der Waals surface area contributed by atoms with Crippen LogP contribution in [0.25, 0.3) is 10.2 Å². The second-order valence-electron chi connectivity index (χ2n) is 4.72. The zero-order valence-corrected chi connectivity index (χ0v) is 11.0. The standard InChI is InChI=1S/C13H13F3N2S/c14-13(15,16)9-4-5-11-10(8-9)17-12(19-11)18-6-2-1-3-7-18/h4-5,8H,1-3,6-7H2. The third-order valence-corrected chi connectivity index (χ3v) is 4.43. The number of fused-ring (bicyclic) bond motifs is 1. The molecule has 0 atom stereocenters. The molecule has 0 radical (unpaired) electrons. The lowest BCUT2D eigenvalue weighted by molar-refractivity contribution is -0.137.